The van der Waals surface area contributed by atoms with Gasteiger partial charge >= 0.3 is 5.97 Å². The third kappa shape index (κ3) is 2.04. The standard InChI is InChI=1S/C11H9BrN2O2/c1-2-16-11(15)8-3-7-4-13-6-9(12)10(7)14-5-8/h3-6H,2H2,1H3. The molecule has 0 spiro atoms. The summed E-state index contributed by atoms with van der Waals surface area (Å²) < 4.78 is 5.70. The summed E-state index contributed by atoms with van der Waals surface area (Å²) in [6.07, 6.45) is 4.83. The van der Waals surface area contributed by atoms with Crippen molar-refractivity contribution >= 4 is 32.8 Å². The number of nitrogens with zero attached hydrogens (tertiary/aromatic N) is 2. The van der Waals surface area contributed by atoms with Crippen LogP contribution in [0.25, 0.3) is 10.9 Å². The fraction of sp³-hybridized carbons (Fsp3) is 0.182. The van der Waals surface area contributed by atoms with Gasteiger partial charge in [0.15, 0.2) is 0 Å². The number of esters is 1. The first-order chi connectivity index (χ1) is 7.72. The zero-order chi connectivity index (χ0) is 11.5. The second-order valence-corrected chi connectivity index (χ2v) is 3.99. The first-order valence-corrected chi connectivity index (χ1v) is 5.58. The van der Waals surface area contributed by atoms with Gasteiger partial charge in [-0.3, -0.25) is 9.97 Å². The number of fused-ring (bicyclic) bond motifs is 1. The van der Waals surface area contributed by atoms with E-state index in [0.717, 1.165) is 15.4 Å². The van der Waals surface area contributed by atoms with Gasteiger partial charge in [-0.1, -0.05) is 0 Å². The molecule has 0 saturated heterocycles. The molecule has 0 aliphatic rings. The number of ether oxygens (including phenoxy) is 1. The molecule has 82 valence electrons. The van der Waals surface area contributed by atoms with E-state index in [4.69, 9.17) is 4.74 Å². The molecule has 0 N–H and O–H groups in total. The van der Waals surface area contributed by atoms with E-state index in [0.29, 0.717) is 12.2 Å². The van der Waals surface area contributed by atoms with Gasteiger partial charge < -0.3 is 4.74 Å². The highest BCUT2D eigenvalue weighted by Crippen LogP contribution is 2.21. The molecule has 16 heavy (non-hydrogen) atoms. The van der Waals surface area contributed by atoms with Crippen LogP contribution in [-0.2, 0) is 4.74 Å². The van der Waals surface area contributed by atoms with Crippen molar-refractivity contribution in [1.29, 1.82) is 0 Å². The normalized spacial score (nSPS) is 10.4. The van der Waals surface area contributed by atoms with Crippen LogP contribution in [0, 0.1) is 0 Å². The van der Waals surface area contributed by atoms with Gasteiger partial charge in [-0.15, -0.1) is 0 Å². The van der Waals surface area contributed by atoms with E-state index >= 15 is 0 Å². The van der Waals surface area contributed by atoms with Crippen molar-refractivity contribution < 1.29 is 9.53 Å². The van der Waals surface area contributed by atoms with Crippen molar-refractivity contribution in [3.63, 3.8) is 0 Å². The average Bonchev–Trinajstić information content (AvgIpc) is 2.29. The van der Waals surface area contributed by atoms with Crippen LogP contribution >= 0.6 is 15.9 Å². The topological polar surface area (TPSA) is 52.1 Å². The lowest BCUT2D eigenvalue weighted by Gasteiger charge is -2.03. The second-order valence-electron chi connectivity index (χ2n) is 3.14. The minimum atomic E-state index is -0.364. The van der Waals surface area contributed by atoms with Gasteiger partial charge in [0, 0.05) is 24.0 Å². The molecule has 0 radical (unpaired) electrons. The molecule has 0 bridgehead atoms. The molecule has 0 unspecified atom stereocenters. The Kier molecular flexibility index (Phi) is 3.14. The fourth-order valence-corrected chi connectivity index (χ4v) is 1.80. The molecule has 4 nitrogen and oxygen atoms in total. The van der Waals surface area contributed by atoms with Crippen molar-refractivity contribution in [2.24, 2.45) is 0 Å². The molecule has 0 aliphatic carbocycles. The van der Waals surface area contributed by atoms with Gasteiger partial charge in [-0.2, -0.15) is 0 Å². The zero-order valence-electron chi connectivity index (χ0n) is 8.61. The summed E-state index contributed by atoms with van der Waals surface area (Å²) in [6, 6.07) is 1.72. The van der Waals surface area contributed by atoms with E-state index in [1.54, 1.807) is 25.4 Å². The number of hydrogen-bond donors (Lipinski definition) is 0. The molecule has 5 heteroatoms. The molecule has 0 saturated carbocycles. The number of aromatic nitrogens is 2. The zero-order valence-corrected chi connectivity index (χ0v) is 10.2. The molecule has 2 aromatic heterocycles. The molecule has 2 rings (SSSR count). The van der Waals surface area contributed by atoms with E-state index in [2.05, 4.69) is 25.9 Å². The van der Waals surface area contributed by atoms with Crippen LogP contribution < -0.4 is 0 Å². The Labute approximate surface area is 101 Å². The molecular weight excluding hydrogens is 272 g/mol. The first-order valence-electron chi connectivity index (χ1n) is 4.78. The SMILES string of the molecule is CCOC(=O)c1cnc2c(Br)cncc2c1. The largest absolute Gasteiger partial charge is 0.462 e. The van der Waals surface area contributed by atoms with Crippen molar-refractivity contribution in [1.82, 2.24) is 9.97 Å². The molecule has 2 heterocycles. The summed E-state index contributed by atoms with van der Waals surface area (Å²) in [4.78, 5) is 19.7. The fourth-order valence-electron chi connectivity index (χ4n) is 1.35. The summed E-state index contributed by atoms with van der Waals surface area (Å²) in [5.41, 5.74) is 1.22. The lowest BCUT2D eigenvalue weighted by atomic mass is 10.2. The smallest absolute Gasteiger partial charge is 0.339 e. The second kappa shape index (κ2) is 4.57. The third-order valence-corrected chi connectivity index (χ3v) is 2.64. The van der Waals surface area contributed by atoms with Crippen molar-refractivity contribution in [3.8, 4) is 0 Å². The van der Waals surface area contributed by atoms with E-state index in [-0.39, 0.29) is 5.97 Å². The van der Waals surface area contributed by atoms with E-state index < -0.39 is 0 Å². The number of carbonyl (C=O) groups is 1. The number of carbonyl (C=O) groups excluding carboxylic acids is 1. The van der Waals surface area contributed by atoms with Gasteiger partial charge in [-0.25, -0.2) is 4.79 Å². The summed E-state index contributed by atoms with van der Waals surface area (Å²) in [7, 11) is 0. The highest BCUT2D eigenvalue weighted by Gasteiger charge is 2.09. The minimum Gasteiger partial charge on any atom is -0.462 e. The third-order valence-electron chi connectivity index (χ3n) is 2.06. The Hall–Kier alpha value is -1.49. The average molecular weight is 281 g/mol. The van der Waals surface area contributed by atoms with Crippen LogP contribution in [0.15, 0.2) is 29.1 Å². The predicted octanol–water partition coefficient (Wildman–Crippen LogP) is 2.57. The molecule has 2 aromatic rings. The summed E-state index contributed by atoms with van der Waals surface area (Å²) in [5, 5.41) is 0.805. The lowest BCUT2D eigenvalue weighted by Crippen LogP contribution is -2.05. The van der Waals surface area contributed by atoms with Gasteiger partial charge in [0.05, 0.1) is 22.2 Å². The molecule has 0 aromatic carbocycles. The lowest BCUT2D eigenvalue weighted by molar-refractivity contribution is 0.0526. The highest BCUT2D eigenvalue weighted by molar-refractivity contribution is 9.10. The number of pyridine rings is 2. The Balaban J connectivity index is 2.48. The van der Waals surface area contributed by atoms with E-state index in [9.17, 15) is 4.79 Å². The highest BCUT2D eigenvalue weighted by atomic mass is 79.9. The quantitative estimate of drug-likeness (QED) is 0.794. The Morgan fingerprint density at radius 1 is 1.44 bits per heavy atom. The van der Waals surface area contributed by atoms with Gasteiger partial charge in [0.2, 0.25) is 0 Å². The molecule has 0 amide bonds. The van der Waals surface area contributed by atoms with Crippen molar-refractivity contribution in [2.75, 3.05) is 6.61 Å². The Morgan fingerprint density at radius 3 is 3.00 bits per heavy atom. The minimum absolute atomic E-state index is 0.355. The van der Waals surface area contributed by atoms with Crippen molar-refractivity contribution in [3.05, 3.63) is 34.7 Å². The summed E-state index contributed by atoms with van der Waals surface area (Å²) >= 11 is 3.35. The van der Waals surface area contributed by atoms with Crippen LogP contribution in [0.1, 0.15) is 17.3 Å². The van der Waals surface area contributed by atoms with Crippen LogP contribution in [0.3, 0.4) is 0 Å². The van der Waals surface area contributed by atoms with E-state index in [1.165, 1.54) is 6.20 Å². The maximum Gasteiger partial charge on any atom is 0.339 e. The van der Waals surface area contributed by atoms with Crippen LogP contribution in [0.2, 0.25) is 0 Å². The number of hydrogen-bond acceptors (Lipinski definition) is 4. The molecule has 0 aliphatic heterocycles. The molecular formula is C11H9BrN2O2. The molecule has 0 fully saturated rings. The van der Waals surface area contributed by atoms with E-state index in [1.807, 2.05) is 0 Å². The van der Waals surface area contributed by atoms with Crippen LogP contribution in [-0.4, -0.2) is 22.5 Å². The maximum absolute atomic E-state index is 11.5. The van der Waals surface area contributed by atoms with Gasteiger partial charge in [-0.05, 0) is 28.9 Å². The van der Waals surface area contributed by atoms with Crippen LogP contribution in [0.5, 0.6) is 0 Å². The number of rotatable bonds is 2. The van der Waals surface area contributed by atoms with Gasteiger partial charge in [0.1, 0.15) is 0 Å². The Morgan fingerprint density at radius 2 is 2.25 bits per heavy atom. The van der Waals surface area contributed by atoms with Crippen LogP contribution in [0.4, 0.5) is 0 Å². The predicted molar refractivity (Wildman–Crippen MR) is 63.2 cm³/mol. The van der Waals surface area contributed by atoms with Crippen molar-refractivity contribution in [2.45, 2.75) is 6.92 Å². The first kappa shape index (κ1) is 11.0. The maximum atomic E-state index is 11.5. The summed E-state index contributed by atoms with van der Waals surface area (Å²) in [5.74, 6) is -0.364. The number of halogens is 1. The van der Waals surface area contributed by atoms with Gasteiger partial charge in [0.25, 0.3) is 0 Å². The molecule has 0 atom stereocenters. The summed E-state index contributed by atoms with van der Waals surface area (Å²) in [6.45, 7) is 2.12. The Bertz CT molecular complexity index is 542. The monoisotopic (exact) mass is 280 g/mol.